The van der Waals surface area contributed by atoms with E-state index in [0.717, 1.165) is 24.2 Å². The summed E-state index contributed by atoms with van der Waals surface area (Å²) in [5.41, 5.74) is 1.25. The standard InChI is InChI=1S/C15H23ClO3S/c1-6-7-8-19-13-9-11(2)14(20(16,17)18)10-12(13)15(3,4)5/h9-10H,6-8H2,1-5H3. The molecule has 114 valence electrons. The second kappa shape index (κ2) is 6.35. The summed E-state index contributed by atoms with van der Waals surface area (Å²) in [6.45, 7) is 10.5. The van der Waals surface area contributed by atoms with Crippen LogP contribution in [0.25, 0.3) is 0 Å². The smallest absolute Gasteiger partial charge is 0.261 e. The van der Waals surface area contributed by atoms with Crippen LogP contribution >= 0.6 is 10.7 Å². The summed E-state index contributed by atoms with van der Waals surface area (Å²) in [5, 5.41) is 0. The second-order valence-electron chi connectivity index (χ2n) is 6.00. The molecular weight excluding hydrogens is 296 g/mol. The molecule has 1 rings (SSSR count). The third-order valence-electron chi connectivity index (χ3n) is 3.10. The van der Waals surface area contributed by atoms with Crippen LogP contribution in [0.15, 0.2) is 17.0 Å². The number of hydrogen-bond acceptors (Lipinski definition) is 3. The van der Waals surface area contributed by atoms with Gasteiger partial charge in [0, 0.05) is 16.2 Å². The van der Waals surface area contributed by atoms with Crippen molar-refractivity contribution >= 4 is 19.7 Å². The van der Waals surface area contributed by atoms with Gasteiger partial charge in [-0.15, -0.1) is 0 Å². The molecule has 0 unspecified atom stereocenters. The zero-order valence-electron chi connectivity index (χ0n) is 12.8. The molecule has 0 heterocycles. The van der Waals surface area contributed by atoms with Gasteiger partial charge in [0.25, 0.3) is 9.05 Å². The summed E-state index contributed by atoms with van der Waals surface area (Å²) in [6.07, 6.45) is 2.02. The lowest BCUT2D eigenvalue weighted by Crippen LogP contribution is -2.15. The predicted molar refractivity (Wildman–Crippen MR) is 83.3 cm³/mol. The topological polar surface area (TPSA) is 43.4 Å². The van der Waals surface area contributed by atoms with Crippen molar-refractivity contribution in [1.82, 2.24) is 0 Å². The van der Waals surface area contributed by atoms with Crippen molar-refractivity contribution in [3.8, 4) is 5.75 Å². The molecule has 0 aliphatic carbocycles. The summed E-state index contributed by atoms with van der Waals surface area (Å²) in [4.78, 5) is 0.159. The third-order valence-corrected chi connectivity index (χ3v) is 4.57. The third kappa shape index (κ3) is 4.38. The van der Waals surface area contributed by atoms with E-state index in [-0.39, 0.29) is 10.3 Å². The van der Waals surface area contributed by atoms with Gasteiger partial charge >= 0.3 is 0 Å². The Morgan fingerprint density at radius 3 is 2.30 bits per heavy atom. The van der Waals surface area contributed by atoms with Crippen LogP contribution in [-0.2, 0) is 14.5 Å². The molecule has 20 heavy (non-hydrogen) atoms. The molecule has 0 amide bonds. The number of aryl methyl sites for hydroxylation is 1. The number of halogens is 1. The lowest BCUT2D eigenvalue weighted by Gasteiger charge is -2.24. The molecule has 1 aromatic carbocycles. The molecule has 5 heteroatoms. The highest BCUT2D eigenvalue weighted by molar-refractivity contribution is 8.13. The first-order valence-corrected chi connectivity index (χ1v) is 9.11. The Morgan fingerprint density at radius 2 is 1.85 bits per heavy atom. The molecular formula is C15H23ClO3S. The number of unbranched alkanes of at least 4 members (excludes halogenated alkanes) is 1. The van der Waals surface area contributed by atoms with Gasteiger partial charge in [0.1, 0.15) is 5.75 Å². The maximum Gasteiger partial charge on any atom is 0.261 e. The highest BCUT2D eigenvalue weighted by Gasteiger charge is 2.24. The molecule has 0 bridgehead atoms. The van der Waals surface area contributed by atoms with E-state index in [2.05, 4.69) is 6.92 Å². The molecule has 0 atom stereocenters. The minimum Gasteiger partial charge on any atom is -0.493 e. The maximum atomic E-state index is 11.6. The summed E-state index contributed by atoms with van der Waals surface area (Å²) in [6, 6.07) is 3.41. The van der Waals surface area contributed by atoms with Crippen molar-refractivity contribution < 1.29 is 13.2 Å². The quantitative estimate of drug-likeness (QED) is 0.597. The minimum atomic E-state index is -3.74. The number of benzene rings is 1. The first-order valence-electron chi connectivity index (χ1n) is 6.80. The van der Waals surface area contributed by atoms with Crippen molar-refractivity contribution in [1.29, 1.82) is 0 Å². The van der Waals surface area contributed by atoms with Crippen molar-refractivity contribution in [2.45, 2.75) is 57.8 Å². The Hall–Kier alpha value is -0.740. The van der Waals surface area contributed by atoms with Gasteiger partial charge in [-0.2, -0.15) is 0 Å². The lowest BCUT2D eigenvalue weighted by atomic mass is 9.86. The van der Waals surface area contributed by atoms with Crippen molar-refractivity contribution in [2.75, 3.05) is 6.61 Å². The minimum absolute atomic E-state index is 0.159. The molecule has 0 radical (unpaired) electrons. The molecule has 1 aromatic rings. The van der Waals surface area contributed by atoms with Gasteiger partial charge in [0.05, 0.1) is 11.5 Å². The van der Waals surface area contributed by atoms with Crippen LogP contribution in [0.4, 0.5) is 0 Å². The van der Waals surface area contributed by atoms with Gasteiger partial charge in [-0.25, -0.2) is 8.42 Å². The molecule has 0 aliphatic rings. The van der Waals surface area contributed by atoms with E-state index in [1.807, 2.05) is 20.8 Å². The van der Waals surface area contributed by atoms with Gasteiger partial charge in [0.15, 0.2) is 0 Å². The SMILES string of the molecule is CCCCOc1cc(C)c(S(=O)(=O)Cl)cc1C(C)(C)C. The average Bonchev–Trinajstić information content (AvgIpc) is 2.25. The van der Waals surface area contributed by atoms with Crippen LogP contribution in [0, 0.1) is 6.92 Å². The Kier molecular flexibility index (Phi) is 5.50. The van der Waals surface area contributed by atoms with Gasteiger partial charge < -0.3 is 4.74 Å². The predicted octanol–water partition coefficient (Wildman–Crippen LogP) is 4.40. The van der Waals surface area contributed by atoms with E-state index in [0.29, 0.717) is 12.2 Å². The van der Waals surface area contributed by atoms with Crippen molar-refractivity contribution in [3.05, 3.63) is 23.3 Å². The highest BCUT2D eigenvalue weighted by Crippen LogP contribution is 2.36. The monoisotopic (exact) mass is 318 g/mol. The number of rotatable bonds is 5. The summed E-state index contributed by atoms with van der Waals surface area (Å²) >= 11 is 0. The average molecular weight is 319 g/mol. The molecule has 0 N–H and O–H groups in total. The fourth-order valence-corrected chi connectivity index (χ4v) is 3.16. The molecule has 0 fully saturated rings. The molecule has 0 aliphatic heterocycles. The Morgan fingerprint density at radius 1 is 1.25 bits per heavy atom. The molecule has 3 nitrogen and oxygen atoms in total. The van der Waals surface area contributed by atoms with E-state index in [1.54, 1.807) is 19.1 Å². The fourth-order valence-electron chi connectivity index (χ4n) is 1.96. The molecule has 0 saturated heterocycles. The van der Waals surface area contributed by atoms with Crippen LogP contribution in [0.1, 0.15) is 51.7 Å². The zero-order chi connectivity index (χ0) is 15.6. The summed E-state index contributed by atoms with van der Waals surface area (Å²) in [5.74, 6) is 0.743. The number of ether oxygens (including phenoxy) is 1. The summed E-state index contributed by atoms with van der Waals surface area (Å²) < 4.78 is 29.1. The van der Waals surface area contributed by atoms with Gasteiger partial charge in [-0.1, -0.05) is 34.1 Å². The first kappa shape index (κ1) is 17.3. The van der Waals surface area contributed by atoms with E-state index in [4.69, 9.17) is 15.4 Å². The second-order valence-corrected chi connectivity index (χ2v) is 8.54. The first-order chi connectivity index (χ1) is 9.07. The molecule has 0 spiro atoms. The summed E-state index contributed by atoms with van der Waals surface area (Å²) in [7, 11) is 1.75. The lowest BCUT2D eigenvalue weighted by molar-refractivity contribution is 0.300. The zero-order valence-corrected chi connectivity index (χ0v) is 14.4. The van der Waals surface area contributed by atoms with Crippen molar-refractivity contribution in [3.63, 3.8) is 0 Å². The van der Waals surface area contributed by atoms with Crippen LogP contribution in [0.2, 0.25) is 0 Å². The van der Waals surface area contributed by atoms with E-state index >= 15 is 0 Å². The van der Waals surface area contributed by atoms with Crippen molar-refractivity contribution in [2.24, 2.45) is 0 Å². The maximum absolute atomic E-state index is 11.6. The van der Waals surface area contributed by atoms with Gasteiger partial charge in [-0.05, 0) is 36.5 Å². The van der Waals surface area contributed by atoms with E-state index in [9.17, 15) is 8.42 Å². The van der Waals surface area contributed by atoms with E-state index in [1.165, 1.54) is 0 Å². The van der Waals surface area contributed by atoms with Crippen LogP contribution in [0.3, 0.4) is 0 Å². The molecule has 0 aromatic heterocycles. The van der Waals surface area contributed by atoms with Gasteiger partial charge in [-0.3, -0.25) is 0 Å². The van der Waals surface area contributed by atoms with Crippen LogP contribution in [0.5, 0.6) is 5.75 Å². The van der Waals surface area contributed by atoms with Gasteiger partial charge in [0.2, 0.25) is 0 Å². The highest BCUT2D eigenvalue weighted by atomic mass is 35.7. The Bertz CT molecular complexity index is 572. The van der Waals surface area contributed by atoms with E-state index < -0.39 is 9.05 Å². The number of hydrogen-bond donors (Lipinski definition) is 0. The Labute approximate surface area is 126 Å². The van der Waals surface area contributed by atoms with Crippen LogP contribution in [-0.4, -0.2) is 15.0 Å². The Balaban J connectivity index is 3.34. The normalized spacial score (nSPS) is 12.5. The largest absolute Gasteiger partial charge is 0.493 e. The molecule has 0 saturated carbocycles. The fraction of sp³-hybridized carbons (Fsp3) is 0.600. The van der Waals surface area contributed by atoms with Crippen LogP contribution < -0.4 is 4.74 Å².